The Morgan fingerprint density at radius 1 is 1.09 bits per heavy atom. The Labute approximate surface area is 191 Å². The normalized spacial score (nSPS) is 19.6. The van der Waals surface area contributed by atoms with Gasteiger partial charge < -0.3 is 19.4 Å². The summed E-state index contributed by atoms with van der Waals surface area (Å²) in [6, 6.07) is 8.52. The minimum Gasteiger partial charge on any atom is -0.481 e. The molecule has 1 amide bonds. The molecule has 9 nitrogen and oxygen atoms in total. The van der Waals surface area contributed by atoms with Gasteiger partial charge in [-0.1, -0.05) is 6.07 Å². The van der Waals surface area contributed by atoms with Crippen LogP contribution in [0.4, 0.5) is 15.9 Å². The average molecular weight is 452 g/mol. The number of ether oxygens (including phenoxy) is 1. The van der Waals surface area contributed by atoms with Gasteiger partial charge in [-0.05, 0) is 12.1 Å². The van der Waals surface area contributed by atoms with E-state index < -0.39 is 5.82 Å². The zero-order valence-corrected chi connectivity index (χ0v) is 18.8. The molecular weight excluding hydrogens is 425 g/mol. The van der Waals surface area contributed by atoms with Crippen LogP contribution in [0.3, 0.4) is 0 Å². The summed E-state index contributed by atoms with van der Waals surface area (Å²) < 4.78 is 20.1. The fraction of sp³-hybridized carbons (Fsp3) is 0.391. The SMILES string of the molecule is COc1cc(N2CC3CN(C(=O)c4c(F)cccc4-n4nccn4)CC3C2)cc(N(C)C)n1. The van der Waals surface area contributed by atoms with E-state index in [2.05, 4.69) is 26.1 Å². The molecule has 2 atom stereocenters. The molecule has 2 unspecified atom stereocenters. The van der Waals surface area contributed by atoms with Crippen LogP contribution in [0.15, 0.2) is 42.7 Å². The highest BCUT2D eigenvalue weighted by molar-refractivity contribution is 5.98. The van der Waals surface area contributed by atoms with Crippen molar-refractivity contribution in [1.29, 1.82) is 0 Å². The highest BCUT2D eigenvalue weighted by Gasteiger charge is 2.43. The Hall–Kier alpha value is -3.69. The number of benzene rings is 1. The molecule has 172 valence electrons. The summed E-state index contributed by atoms with van der Waals surface area (Å²) in [5, 5.41) is 8.15. The van der Waals surface area contributed by atoms with Crippen LogP contribution in [-0.4, -0.2) is 78.2 Å². The maximum atomic E-state index is 14.7. The van der Waals surface area contributed by atoms with E-state index in [1.807, 2.05) is 25.1 Å². The summed E-state index contributed by atoms with van der Waals surface area (Å²) in [5.74, 6) is 1.15. The molecule has 2 aromatic heterocycles. The van der Waals surface area contributed by atoms with Crippen molar-refractivity contribution in [3.05, 3.63) is 54.1 Å². The predicted octanol–water partition coefficient (Wildman–Crippen LogP) is 2.08. The summed E-state index contributed by atoms with van der Waals surface area (Å²) in [6.45, 7) is 2.81. The van der Waals surface area contributed by atoms with E-state index in [9.17, 15) is 9.18 Å². The van der Waals surface area contributed by atoms with Crippen molar-refractivity contribution in [3.8, 4) is 11.6 Å². The number of likely N-dealkylation sites (tertiary alicyclic amines) is 1. The van der Waals surface area contributed by atoms with Gasteiger partial charge in [0.15, 0.2) is 0 Å². The van der Waals surface area contributed by atoms with Gasteiger partial charge in [0, 0.05) is 69.9 Å². The standard InChI is InChI=1S/C23H26FN7O2/c1-28(2)20-9-17(10-21(27-20)33-3)29-11-15-13-30(14-16(15)12-29)23(32)22-18(24)5-4-6-19(22)31-25-7-8-26-31/h4-10,15-16H,11-14H2,1-3H3. The first-order valence-electron chi connectivity index (χ1n) is 10.9. The lowest BCUT2D eigenvalue weighted by Gasteiger charge is -2.25. The summed E-state index contributed by atoms with van der Waals surface area (Å²) in [6.07, 6.45) is 3.01. The minimum absolute atomic E-state index is 0.0139. The number of hydrogen-bond donors (Lipinski definition) is 0. The van der Waals surface area contributed by atoms with E-state index >= 15 is 0 Å². The zero-order valence-electron chi connectivity index (χ0n) is 18.8. The third-order valence-corrected chi connectivity index (χ3v) is 6.42. The number of hydrogen-bond acceptors (Lipinski definition) is 7. The fourth-order valence-electron chi connectivity index (χ4n) is 4.75. The van der Waals surface area contributed by atoms with Crippen molar-refractivity contribution in [3.63, 3.8) is 0 Å². The molecule has 0 bridgehead atoms. The molecule has 4 heterocycles. The van der Waals surface area contributed by atoms with Crippen LogP contribution in [0, 0.1) is 17.7 Å². The van der Waals surface area contributed by atoms with Gasteiger partial charge >= 0.3 is 0 Å². The summed E-state index contributed by atoms with van der Waals surface area (Å²) in [5.41, 5.74) is 1.42. The van der Waals surface area contributed by atoms with E-state index in [4.69, 9.17) is 4.74 Å². The first kappa shape index (κ1) is 21.2. The molecule has 0 spiro atoms. The first-order chi connectivity index (χ1) is 15.9. The third-order valence-electron chi connectivity index (χ3n) is 6.42. The number of pyridine rings is 1. The van der Waals surface area contributed by atoms with Crippen molar-refractivity contribution in [2.45, 2.75) is 0 Å². The second-order valence-corrected chi connectivity index (χ2v) is 8.71. The van der Waals surface area contributed by atoms with Gasteiger partial charge in [0.2, 0.25) is 5.88 Å². The predicted molar refractivity (Wildman–Crippen MR) is 122 cm³/mol. The number of carbonyl (C=O) groups excluding carboxylic acids is 1. The van der Waals surface area contributed by atoms with Crippen molar-refractivity contribution < 1.29 is 13.9 Å². The Balaban J connectivity index is 1.33. The molecule has 2 fully saturated rings. The number of nitrogens with zero attached hydrogens (tertiary/aromatic N) is 7. The van der Waals surface area contributed by atoms with E-state index in [1.165, 1.54) is 23.3 Å². The second kappa shape index (κ2) is 8.34. The summed E-state index contributed by atoms with van der Waals surface area (Å²) >= 11 is 0. The van der Waals surface area contributed by atoms with Gasteiger partial charge in [0.1, 0.15) is 22.9 Å². The molecule has 3 aromatic rings. The number of carbonyl (C=O) groups is 1. The van der Waals surface area contributed by atoms with E-state index in [0.29, 0.717) is 36.5 Å². The van der Waals surface area contributed by atoms with Gasteiger partial charge in [0.05, 0.1) is 19.5 Å². The van der Waals surface area contributed by atoms with Gasteiger partial charge in [-0.15, -0.1) is 0 Å². The highest BCUT2D eigenvalue weighted by atomic mass is 19.1. The first-order valence-corrected chi connectivity index (χ1v) is 10.9. The van der Waals surface area contributed by atoms with Crippen LogP contribution < -0.4 is 14.5 Å². The fourth-order valence-corrected chi connectivity index (χ4v) is 4.75. The Morgan fingerprint density at radius 2 is 1.79 bits per heavy atom. The summed E-state index contributed by atoms with van der Waals surface area (Å²) in [4.78, 5) is 25.1. The molecule has 10 heteroatoms. The zero-order chi connectivity index (χ0) is 23.1. The molecule has 0 N–H and O–H groups in total. The number of aromatic nitrogens is 4. The molecule has 2 aliphatic heterocycles. The number of rotatable bonds is 5. The van der Waals surface area contributed by atoms with Crippen molar-refractivity contribution >= 4 is 17.4 Å². The van der Waals surface area contributed by atoms with E-state index in [-0.39, 0.29) is 11.5 Å². The maximum absolute atomic E-state index is 14.7. The van der Waals surface area contributed by atoms with Crippen molar-refractivity contribution in [2.24, 2.45) is 11.8 Å². The lowest BCUT2D eigenvalue weighted by molar-refractivity contribution is 0.0777. The van der Waals surface area contributed by atoms with Gasteiger partial charge in [0.25, 0.3) is 5.91 Å². The topological polar surface area (TPSA) is 79.6 Å². The molecule has 5 rings (SSSR count). The largest absolute Gasteiger partial charge is 0.481 e. The molecule has 33 heavy (non-hydrogen) atoms. The quantitative estimate of drug-likeness (QED) is 0.588. The molecular formula is C23H26FN7O2. The Kier molecular flexibility index (Phi) is 5.35. The summed E-state index contributed by atoms with van der Waals surface area (Å²) in [7, 11) is 5.51. The second-order valence-electron chi connectivity index (χ2n) is 8.71. The molecule has 2 aliphatic rings. The van der Waals surface area contributed by atoms with Crippen molar-refractivity contribution in [1.82, 2.24) is 24.9 Å². The smallest absolute Gasteiger partial charge is 0.259 e. The minimum atomic E-state index is -0.561. The lowest BCUT2D eigenvalue weighted by atomic mass is 10.0. The highest BCUT2D eigenvalue weighted by Crippen LogP contribution is 2.37. The van der Waals surface area contributed by atoms with E-state index in [1.54, 1.807) is 24.1 Å². The molecule has 0 aliphatic carbocycles. The monoisotopic (exact) mass is 451 g/mol. The molecule has 0 saturated carbocycles. The van der Waals surface area contributed by atoms with Gasteiger partial charge in [-0.3, -0.25) is 4.79 Å². The van der Waals surface area contributed by atoms with Gasteiger partial charge in [-0.2, -0.15) is 20.0 Å². The number of anilines is 2. The number of amides is 1. The lowest BCUT2D eigenvalue weighted by Crippen LogP contribution is -2.34. The van der Waals surface area contributed by atoms with Crippen LogP contribution in [0.2, 0.25) is 0 Å². The van der Waals surface area contributed by atoms with E-state index in [0.717, 1.165) is 24.6 Å². The van der Waals surface area contributed by atoms with Crippen molar-refractivity contribution in [2.75, 3.05) is 57.2 Å². The third kappa shape index (κ3) is 3.85. The molecule has 2 saturated heterocycles. The van der Waals surface area contributed by atoms with Crippen LogP contribution in [-0.2, 0) is 0 Å². The average Bonchev–Trinajstić information content (AvgIpc) is 3.54. The number of halogens is 1. The van der Waals surface area contributed by atoms with Crippen LogP contribution in [0.5, 0.6) is 5.88 Å². The molecule has 0 radical (unpaired) electrons. The number of methoxy groups -OCH3 is 1. The molecule has 1 aromatic carbocycles. The number of fused-ring (bicyclic) bond motifs is 1. The van der Waals surface area contributed by atoms with Crippen LogP contribution in [0.25, 0.3) is 5.69 Å². The maximum Gasteiger partial charge on any atom is 0.259 e. The van der Waals surface area contributed by atoms with Gasteiger partial charge in [-0.25, -0.2) is 4.39 Å². The Bertz CT molecular complexity index is 1150. The van der Waals surface area contributed by atoms with Crippen LogP contribution >= 0.6 is 0 Å². The van der Waals surface area contributed by atoms with Crippen LogP contribution in [0.1, 0.15) is 10.4 Å². The Morgan fingerprint density at radius 3 is 2.42 bits per heavy atom.